The molecule has 0 atom stereocenters. The lowest BCUT2D eigenvalue weighted by Crippen LogP contribution is -2.29. The molecule has 1 N–H and O–H groups in total. The van der Waals surface area contributed by atoms with Gasteiger partial charge < -0.3 is 10.1 Å². The van der Waals surface area contributed by atoms with E-state index in [2.05, 4.69) is 5.32 Å². The second-order valence-corrected chi connectivity index (χ2v) is 8.39. The highest BCUT2D eigenvalue weighted by Crippen LogP contribution is 2.21. The average molecular weight is 388 g/mol. The predicted molar refractivity (Wildman–Crippen MR) is 103 cm³/mol. The first-order chi connectivity index (χ1) is 13.0. The van der Waals surface area contributed by atoms with E-state index in [1.165, 1.54) is 10.4 Å². The van der Waals surface area contributed by atoms with Crippen LogP contribution in [0.2, 0.25) is 0 Å². The Hall–Kier alpha value is -2.38. The molecule has 1 amide bonds. The third-order valence-corrected chi connectivity index (χ3v) is 6.57. The fourth-order valence-electron chi connectivity index (χ4n) is 3.20. The van der Waals surface area contributed by atoms with Crippen LogP contribution in [-0.4, -0.2) is 45.4 Å². The number of carbonyl (C=O) groups is 1. The number of carbonyl (C=O) groups excluding carboxylic acids is 1. The molecular formula is C20H24N2O4S. The van der Waals surface area contributed by atoms with Crippen LogP contribution in [0.5, 0.6) is 5.75 Å². The summed E-state index contributed by atoms with van der Waals surface area (Å²) in [6.07, 6.45) is 2.38. The Bertz CT molecular complexity index is 906. The summed E-state index contributed by atoms with van der Waals surface area (Å²) in [4.78, 5) is 12.6. The average Bonchev–Trinajstić information content (AvgIpc) is 3.24. The van der Waals surface area contributed by atoms with Gasteiger partial charge in [-0.25, -0.2) is 8.42 Å². The SMILES string of the molecule is COc1ccccc1CCNC(=O)c1cccc(S(=O)(=O)N2CCCC2)c1. The zero-order chi connectivity index (χ0) is 19.3. The molecule has 1 aliphatic heterocycles. The Balaban J connectivity index is 1.65. The van der Waals surface area contributed by atoms with Gasteiger partial charge in [0, 0.05) is 25.2 Å². The van der Waals surface area contributed by atoms with Gasteiger partial charge in [0.05, 0.1) is 12.0 Å². The summed E-state index contributed by atoms with van der Waals surface area (Å²) in [5.74, 6) is 0.494. The highest BCUT2D eigenvalue weighted by atomic mass is 32.2. The highest BCUT2D eigenvalue weighted by Gasteiger charge is 2.27. The van der Waals surface area contributed by atoms with Crippen LogP contribution in [0, 0.1) is 0 Å². The number of methoxy groups -OCH3 is 1. The molecule has 1 aliphatic rings. The van der Waals surface area contributed by atoms with Crippen LogP contribution in [0.25, 0.3) is 0 Å². The van der Waals surface area contributed by atoms with E-state index in [-0.39, 0.29) is 10.8 Å². The fraction of sp³-hybridized carbons (Fsp3) is 0.350. The van der Waals surface area contributed by atoms with Crippen LogP contribution < -0.4 is 10.1 Å². The molecule has 0 spiro atoms. The second-order valence-electron chi connectivity index (χ2n) is 6.46. The van der Waals surface area contributed by atoms with Crippen molar-refractivity contribution in [3.8, 4) is 5.75 Å². The monoisotopic (exact) mass is 388 g/mol. The van der Waals surface area contributed by atoms with Gasteiger partial charge >= 0.3 is 0 Å². The molecule has 3 rings (SSSR count). The summed E-state index contributed by atoms with van der Waals surface area (Å²) in [7, 11) is -1.92. The third-order valence-electron chi connectivity index (χ3n) is 4.67. The Morgan fingerprint density at radius 3 is 2.59 bits per heavy atom. The van der Waals surface area contributed by atoms with E-state index in [4.69, 9.17) is 4.74 Å². The van der Waals surface area contributed by atoms with E-state index >= 15 is 0 Å². The number of rotatable bonds is 7. The molecule has 0 aromatic heterocycles. The van der Waals surface area contributed by atoms with Crippen LogP contribution in [0.4, 0.5) is 0 Å². The predicted octanol–water partition coefficient (Wildman–Crippen LogP) is 2.45. The van der Waals surface area contributed by atoms with Gasteiger partial charge in [-0.2, -0.15) is 4.31 Å². The molecule has 2 aromatic rings. The van der Waals surface area contributed by atoms with Gasteiger partial charge in [0.15, 0.2) is 0 Å². The maximum Gasteiger partial charge on any atom is 0.251 e. The largest absolute Gasteiger partial charge is 0.496 e. The van der Waals surface area contributed by atoms with Crippen molar-refractivity contribution in [2.75, 3.05) is 26.7 Å². The van der Waals surface area contributed by atoms with Crippen molar-refractivity contribution in [2.45, 2.75) is 24.2 Å². The van der Waals surface area contributed by atoms with E-state index in [9.17, 15) is 13.2 Å². The van der Waals surface area contributed by atoms with Crippen LogP contribution >= 0.6 is 0 Å². The lowest BCUT2D eigenvalue weighted by atomic mass is 10.1. The topological polar surface area (TPSA) is 75.7 Å². The zero-order valence-electron chi connectivity index (χ0n) is 15.3. The molecule has 0 aliphatic carbocycles. The Labute approximate surface area is 160 Å². The minimum absolute atomic E-state index is 0.168. The third kappa shape index (κ3) is 4.48. The molecule has 0 bridgehead atoms. The molecule has 27 heavy (non-hydrogen) atoms. The molecule has 1 heterocycles. The number of sulfonamides is 1. The number of benzene rings is 2. The van der Waals surface area contributed by atoms with Crippen molar-refractivity contribution < 1.29 is 17.9 Å². The number of amides is 1. The maximum atomic E-state index is 12.7. The Morgan fingerprint density at radius 1 is 1.11 bits per heavy atom. The molecule has 0 unspecified atom stereocenters. The lowest BCUT2D eigenvalue weighted by molar-refractivity contribution is 0.0954. The number of nitrogens with one attached hydrogen (secondary N) is 1. The van der Waals surface area contributed by atoms with Crippen molar-refractivity contribution in [3.63, 3.8) is 0 Å². The van der Waals surface area contributed by atoms with Gasteiger partial charge in [0.25, 0.3) is 5.91 Å². The van der Waals surface area contributed by atoms with Crippen LogP contribution in [0.15, 0.2) is 53.4 Å². The van der Waals surface area contributed by atoms with E-state index in [1.54, 1.807) is 25.3 Å². The molecular weight excluding hydrogens is 364 g/mol. The number of nitrogens with zero attached hydrogens (tertiary/aromatic N) is 1. The fourth-order valence-corrected chi connectivity index (χ4v) is 4.76. The van der Waals surface area contributed by atoms with Crippen LogP contribution in [0.1, 0.15) is 28.8 Å². The first-order valence-electron chi connectivity index (χ1n) is 9.02. The van der Waals surface area contributed by atoms with Crippen molar-refractivity contribution in [2.24, 2.45) is 0 Å². The molecule has 0 saturated carbocycles. The first-order valence-corrected chi connectivity index (χ1v) is 10.5. The summed E-state index contributed by atoms with van der Waals surface area (Å²) in [6.45, 7) is 1.51. The van der Waals surface area contributed by atoms with E-state index < -0.39 is 10.0 Å². The minimum Gasteiger partial charge on any atom is -0.496 e. The van der Waals surface area contributed by atoms with Gasteiger partial charge in [0.1, 0.15) is 5.75 Å². The zero-order valence-corrected chi connectivity index (χ0v) is 16.2. The summed E-state index contributed by atoms with van der Waals surface area (Å²) < 4.78 is 32.1. The molecule has 1 fully saturated rings. The highest BCUT2D eigenvalue weighted by molar-refractivity contribution is 7.89. The van der Waals surface area contributed by atoms with Gasteiger partial charge in [-0.15, -0.1) is 0 Å². The first kappa shape index (κ1) is 19.4. The smallest absolute Gasteiger partial charge is 0.251 e. The summed E-state index contributed by atoms with van der Waals surface area (Å²) in [5.41, 5.74) is 1.35. The standard InChI is InChI=1S/C20H24N2O4S/c1-26-19-10-3-2-7-16(19)11-12-21-20(23)17-8-6-9-18(15-17)27(24,25)22-13-4-5-14-22/h2-3,6-10,15H,4-5,11-14H2,1H3,(H,21,23). The van der Waals surface area contributed by atoms with Crippen LogP contribution in [0.3, 0.4) is 0 Å². The quantitative estimate of drug-likeness (QED) is 0.791. The maximum absolute atomic E-state index is 12.7. The number of para-hydroxylation sites is 1. The molecule has 1 saturated heterocycles. The van der Waals surface area contributed by atoms with Gasteiger partial charge in [0.2, 0.25) is 10.0 Å². The van der Waals surface area contributed by atoms with E-state index in [0.29, 0.717) is 31.6 Å². The van der Waals surface area contributed by atoms with Crippen molar-refractivity contribution >= 4 is 15.9 Å². The van der Waals surface area contributed by atoms with Gasteiger partial charge in [-0.05, 0) is 49.1 Å². The summed E-state index contributed by atoms with van der Waals surface area (Å²) in [6, 6.07) is 13.9. The van der Waals surface area contributed by atoms with Gasteiger partial charge in [-0.3, -0.25) is 4.79 Å². The lowest BCUT2D eigenvalue weighted by Gasteiger charge is -2.16. The van der Waals surface area contributed by atoms with Crippen molar-refractivity contribution in [1.29, 1.82) is 0 Å². The summed E-state index contributed by atoms with van der Waals surface area (Å²) in [5, 5.41) is 2.84. The number of hydrogen-bond donors (Lipinski definition) is 1. The Morgan fingerprint density at radius 2 is 1.85 bits per heavy atom. The molecule has 144 valence electrons. The van der Waals surface area contributed by atoms with E-state index in [1.807, 2.05) is 24.3 Å². The molecule has 6 nitrogen and oxygen atoms in total. The summed E-state index contributed by atoms with van der Waals surface area (Å²) >= 11 is 0. The minimum atomic E-state index is -3.53. The van der Waals surface area contributed by atoms with Crippen LogP contribution in [-0.2, 0) is 16.4 Å². The Kier molecular flexibility index (Phi) is 6.13. The molecule has 7 heteroatoms. The number of hydrogen-bond acceptors (Lipinski definition) is 4. The van der Waals surface area contributed by atoms with Gasteiger partial charge in [-0.1, -0.05) is 24.3 Å². The van der Waals surface area contributed by atoms with Crippen molar-refractivity contribution in [1.82, 2.24) is 9.62 Å². The normalized spacial score (nSPS) is 14.9. The second kappa shape index (κ2) is 8.54. The number of ether oxygens (including phenoxy) is 1. The van der Waals surface area contributed by atoms with Crippen molar-refractivity contribution in [3.05, 3.63) is 59.7 Å². The molecule has 2 aromatic carbocycles. The molecule has 0 radical (unpaired) electrons. The van der Waals surface area contributed by atoms with E-state index in [0.717, 1.165) is 24.2 Å².